The molecule has 2 aromatic carbocycles. The lowest BCUT2D eigenvalue weighted by atomic mass is 10.1. The number of amides is 1. The van der Waals surface area contributed by atoms with Crippen molar-refractivity contribution >= 4 is 50.0 Å². The Hall–Kier alpha value is -1.85. The second-order valence-corrected chi connectivity index (χ2v) is 6.27. The van der Waals surface area contributed by atoms with Crippen molar-refractivity contribution in [3.8, 4) is 0 Å². The second kappa shape index (κ2) is 6.10. The van der Waals surface area contributed by atoms with Gasteiger partial charge in [0.1, 0.15) is 0 Å². The van der Waals surface area contributed by atoms with Crippen molar-refractivity contribution in [1.82, 2.24) is 9.78 Å². The van der Waals surface area contributed by atoms with E-state index in [2.05, 4.69) is 26.3 Å². The first kappa shape index (κ1) is 15.1. The van der Waals surface area contributed by atoms with E-state index in [4.69, 9.17) is 11.6 Å². The molecule has 1 N–H and O–H groups in total. The van der Waals surface area contributed by atoms with Gasteiger partial charge in [0, 0.05) is 33.8 Å². The van der Waals surface area contributed by atoms with Gasteiger partial charge in [0.15, 0.2) is 0 Å². The van der Waals surface area contributed by atoms with Gasteiger partial charge in [-0.2, -0.15) is 5.10 Å². The van der Waals surface area contributed by atoms with E-state index < -0.39 is 0 Å². The van der Waals surface area contributed by atoms with Crippen molar-refractivity contribution in [1.29, 1.82) is 0 Å². The Kier molecular flexibility index (Phi) is 4.18. The molecule has 0 aliphatic heterocycles. The predicted octanol–water partition coefficient (Wildman–Crippen LogP) is 4.17. The zero-order valence-corrected chi connectivity index (χ0v) is 14.1. The maximum atomic E-state index is 12.2. The van der Waals surface area contributed by atoms with E-state index in [1.54, 1.807) is 10.7 Å². The number of hydrogen-bond acceptors (Lipinski definition) is 2. The Bertz CT molecular complexity index is 860. The zero-order valence-electron chi connectivity index (χ0n) is 11.8. The molecule has 1 amide bonds. The highest BCUT2D eigenvalue weighted by atomic mass is 79.9. The fourth-order valence-corrected chi connectivity index (χ4v) is 3.05. The van der Waals surface area contributed by atoms with Gasteiger partial charge in [-0.05, 0) is 39.7 Å². The van der Waals surface area contributed by atoms with Gasteiger partial charge in [-0.3, -0.25) is 9.48 Å². The quantitative estimate of drug-likeness (QED) is 0.743. The minimum Gasteiger partial charge on any atom is -0.326 e. The van der Waals surface area contributed by atoms with E-state index in [-0.39, 0.29) is 12.3 Å². The van der Waals surface area contributed by atoms with Crippen LogP contribution in [0, 0.1) is 0 Å². The average molecular weight is 379 g/mol. The smallest absolute Gasteiger partial charge is 0.228 e. The molecule has 0 aliphatic carbocycles. The summed E-state index contributed by atoms with van der Waals surface area (Å²) < 4.78 is 2.64. The molecule has 0 spiro atoms. The molecule has 22 heavy (non-hydrogen) atoms. The molecule has 0 aliphatic rings. The number of benzene rings is 2. The molecule has 1 heterocycles. The molecule has 0 saturated heterocycles. The van der Waals surface area contributed by atoms with Crippen molar-refractivity contribution in [2.75, 3.05) is 5.32 Å². The summed E-state index contributed by atoms with van der Waals surface area (Å²) in [5.74, 6) is -0.115. The molecule has 4 nitrogen and oxygen atoms in total. The van der Waals surface area contributed by atoms with E-state index in [1.807, 2.05) is 43.6 Å². The number of hydrogen-bond donors (Lipinski definition) is 1. The zero-order chi connectivity index (χ0) is 15.7. The molecular weight excluding hydrogens is 366 g/mol. The molecule has 0 unspecified atom stereocenters. The van der Waals surface area contributed by atoms with E-state index >= 15 is 0 Å². The van der Waals surface area contributed by atoms with Gasteiger partial charge in [-0.15, -0.1) is 0 Å². The highest BCUT2D eigenvalue weighted by Gasteiger charge is 2.10. The molecule has 6 heteroatoms. The maximum Gasteiger partial charge on any atom is 0.228 e. The van der Waals surface area contributed by atoms with E-state index in [1.165, 1.54) is 0 Å². The summed E-state index contributed by atoms with van der Waals surface area (Å²) in [6.07, 6.45) is 2.16. The summed E-state index contributed by atoms with van der Waals surface area (Å²) in [4.78, 5) is 12.2. The molecule has 3 aromatic rings. The maximum absolute atomic E-state index is 12.2. The van der Waals surface area contributed by atoms with Crippen LogP contribution in [0.4, 0.5) is 5.69 Å². The van der Waals surface area contributed by atoms with Crippen LogP contribution in [0.3, 0.4) is 0 Å². The summed E-state index contributed by atoms with van der Waals surface area (Å²) in [5.41, 5.74) is 2.33. The summed E-state index contributed by atoms with van der Waals surface area (Å²) in [6.45, 7) is 0. The number of carbonyl (C=O) groups excluding carboxylic acids is 1. The first-order valence-electron chi connectivity index (χ1n) is 6.69. The van der Waals surface area contributed by atoms with Gasteiger partial charge in [0.25, 0.3) is 0 Å². The minimum atomic E-state index is -0.115. The Morgan fingerprint density at radius 3 is 2.91 bits per heavy atom. The Morgan fingerprint density at radius 2 is 2.14 bits per heavy atom. The number of aryl methyl sites for hydroxylation is 1. The van der Waals surface area contributed by atoms with Crippen molar-refractivity contribution in [3.05, 3.63) is 57.7 Å². The van der Waals surface area contributed by atoms with Crippen molar-refractivity contribution < 1.29 is 4.79 Å². The van der Waals surface area contributed by atoms with Gasteiger partial charge in [0.2, 0.25) is 5.91 Å². The van der Waals surface area contributed by atoms with Crippen LogP contribution < -0.4 is 5.32 Å². The molecule has 0 fully saturated rings. The highest BCUT2D eigenvalue weighted by Crippen LogP contribution is 2.27. The number of halogens is 2. The first-order chi connectivity index (χ1) is 10.5. The standard InChI is InChI=1S/C16H13BrClN3O/c1-21-9-12-13(17)7-11(8-15(12)20-21)19-16(22)6-10-4-2-3-5-14(10)18/h2-5,7-9H,6H2,1H3,(H,19,22). The van der Waals surface area contributed by atoms with Crippen molar-refractivity contribution in [3.63, 3.8) is 0 Å². The molecule has 0 atom stereocenters. The van der Waals surface area contributed by atoms with E-state index in [0.29, 0.717) is 10.7 Å². The third kappa shape index (κ3) is 3.15. The number of carbonyl (C=O) groups is 1. The fraction of sp³-hybridized carbons (Fsp3) is 0.125. The third-order valence-corrected chi connectivity index (χ3v) is 4.31. The van der Waals surface area contributed by atoms with Gasteiger partial charge >= 0.3 is 0 Å². The molecule has 3 rings (SSSR count). The SMILES string of the molecule is Cn1cc2c(Br)cc(NC(=O)Cc3ccccc3Cl)cc2n1. The minimum absolute atomic E-state index is 0.115. The van der Waals surface area contributed by atoms with Crippen LogP contribution >= 0.6 is 27.5 Å². The van der Waals surface area contributed by atoms with E-state index in [0.717, 1.165) is 20.9 Å². The molecule has 0 saturated carbocycles. The predicted molar refractivity (Wildman–Crippen MR) is 92.2 cm³/mol. The second-order valence-electron chi connectivity index (χ2n) is 5.01. The Balaban J connectivity index is 1.81. The fourth-order valence-electron chi connectivity index (χ4n) is 2.29. The average Bonchev–Trinajstić information content (AvgIpc) is 2.82. The lowest BCUT2D eigenvalue weighted by molar-refractivity contribution is -0.115. The number of anilines is 1. The van der Waals surface area contributed by atoms with Gasteiger partial charge in [0.05, 0.1) is 11.9 Å². The highest BCUT2D eigenvalue weighted by molar-refractivity contribution is 9.10. The summed E-state index contributed by atoms with van der Waals surface area (Å²) in [7, 11) is 1.86. The van der Waals surface area contributed by atoms with Crippen LogP contribution in [0.15, 0.2) is 47.1 Å². The summed E-state index contributed by atoms with van der Waals surface area (Å²) in [5, 5.41) is 8.84. The van der Waals surface area contributed by atoms with E-state index in [9.17, 15) is 4.79 Å². The lowest BCUT2D eigenvalue weighted by Gasteiger charge is -2.07. The molecule has 0 bridgehead atoms. The number of fused-ring (bicyclic) bond motifs is 1. The lowest BCUT2D eigenvalue weighted by Crippen LogP contribution is -2.14. The van der Waals surface area contributed by atoms with Crippen molar-refractivity contribution in [2.45, 2.75) is 6.42 Å². The third-order valence-electron chi connectivity index (χ3n) is 3.28. The Labute approximate surface area is 141 Å². The van der Waals surface area contributed by atoms with Crippen LogP contribution in [0.2, 0.25) is 5.02 Å². The summed E-state index contributed by atoms with van der Waals surface area (Å²) in [6, 6.07) is 11.1. The van der Waals surface area contributed by atoms with Crippen LogP contribution in [0.1, 0.15) is 5.56 Å². The Morgan fingerprint density at radius 1 is 1.36 bits per heavy atom. The van der Waals surface area contributed by atoms with Gasteiger partial charge in [-0.25, -0.2) is 0 Å². The van der Waals surface area contributed by atoms with Crippen LogP contribution in [0.25, 0.3) is 10.9 Å². The normalized spacial score (nSPS) is 10.9. The molecule has 112 valence electrons. The van der Waals surface area contributed by atoms with Crippen LogP contribution in [-0.4, -0.2) is 15.7 Å². The monoisotopic (exact) mass is 377 g/mol. The molecular formula is C16H13BrClN3O. The molecule has 0 radical (unpaired) electrons. The number of aromatic nitrogens is 2. The van der Waals surface area contributed by atoms with Gasteiger partial charge in [-0.1, -0.05) is 29.8 Å². The van der Waals surface area contributed by atoms with Crippen LogP contribution in [0.5, 0.6) is 0 Å². The van der Waals surface area contributed by atoms with Gasteiger partial charge < -0.3 is 5.32 Å². The largest absolute Gasteiger partial charge is 0.326 e. The summed E-state index contributed by atoms with van der Waals surface area (Å²) >= 11 is 9.58. The first-order valence-corrected chi connectivity index (χ1v) is 7.86. The number of nitrogens with one attached hydrogen (secondary N) is 1. The number of rotatable bonds is 3. The van der Waals surface area contributed by atoms with Crippen LogP contribution in [-0.2, 0) is 18.3 Å². The van der Waals surface area contributed by atoms with Crippen molar-refractivity contribution in [2.24, 2.45) is 7.05 Å². The number of nitrogens with zero attached hydrogens (tertiary/aromatic N) is 2. The topological polar surface area (TPSA) is 46.9 Å². The molecule has 1 aromatic heterocycles.